The fourth-order valence-electron chi connectivity index (χ4n) is 4.09. The molecule has 5 nitrogen and oxygen atoms in total. The number of rotatable bonds is 5. The molecule has 1 heterocycles. The Labute approximate surface area is 148 Å². The molecule has 0 spiro atoms. The number of benzene rings is 1. The van der Waals surface area contributed by atoms with Crippen LogP contribution < -0.4 is 5.32 Å². The second kappa shape index (κ2) is 7.53. The van der Waals surface area contributed by atoms with Gasteiger partial charge in [0.25, 0.3) is 0 Å². The van der Waals surface area contributed by atoms with E-state index in [0.29, 0.717) is 13.1 Å². The minimum atomic E-state index is -0.696. The quantitative estimate of drug-likeness (QED) is 0.855. The first-order valence-electron chi connectivity index (χ1n) is 8.38. The zero-order valence-electron chi connectivity index (χ0n) is 14.0. The van der Waals surface area contributed by atoms with Crippen LogP contribution in [0.3, 0.4) is 0 Å². The Morgan fingerprint density at radius 3 is 2.62 bits per heavy atom. The summed E-state index contributed by atoms with van der Waals surface area (Å²) >= 11 is 0. The zero-order valence-corrected chi connectivity index (χ0v) is 14.8. The van der Waals surface area contributed by atoms with Crippen molar-refractivity contribution in [3.8, 4) is 0 Å². The number of carboxylic acids is 1. The Bertz CT molecular complexity index is 605. The molecule has 1 saturated carbocycles. The van der Waals surface area contributed by atoms with Crippen LogP contribution in [0.25, 0.3) is 0 Å². The van der Waals surface area contributed by atoms with Crippen molar-refractivity contribution in [1.82, 2.24) is 4.90 Å². The van der Waals surface area contributed by atoms with Gasteiger partial charge >= 0.3 is 5.97 Å². The molecule has 1 aromatic rings. The van der Waals surface area contributed by atoms with Gasteiger partial charge in [-0.15, -0.1) is 12.4 Å². The van der Waals surface area contributed by atoms with E-state index in [9.17, 15) is 14.7 Å². The number of amides is 1. The summed E-state index contributed by atoms with van der Waals surface area (Å²) in [4.78, 5) is 25.9. The number of carbonyl (C=O) groups excluding carboxylic acids is 1. The third kappa shape index (κ3) is 3.57. The average molecular weight is 353 g/mol. The van der Waals surface area contributed by atoms with Gasteiger partial charge in [-0.1, -0.05) is 25.5 Å². The molecule has 0 bridgehead atoms. The van der Waals surface area contributed by atoms with Gasteiger partial charge in [0.15, 0.2) is 0 Å². The van der Waals surface area contributed by atoms with Gasteiger partial charge in [0.1, 0.15) is 0 Å². The minimum Gasteiger partial charge on any atom is -0.481 e. The lowest BCUT2D eigenvalue weighted by molar-refractivity contribution is -0.149. The topological polar surface area (TPSA) is 69.6 Å². The first-order chi connectivity index (χ1) is 11.0. The van der Waals surface area contributed by atoms with Crippen molar-refractivity contribution in [2.24, 2.45) is 11.3 Å². The summed E-state index contributed by atoms with van der Waals surface area (Å²) in [6.45, 7) is 3.57. The van der Waals surface area contributed by atoms with Gasteiger partial charge in [-0.3, -0.25) is 14.5 Å². The van der Waals surface area contributed by atoms with E-state index in [1.165, 1.54) is 5.56 Å². The lowest BCUT2D eigenvalue weighted by Gasteiger charge is -2.23. The molecule has 6 heteroatoms. The van der Waals surface area contributed by atoms with Gasteiger partial charge in [0.05, 0.1) is 12.0 Å². The Hall–Kier alpha value is -1.59. The van der Waals surface area contributed by atoms with Crippen molar-refractivity contribution < 1.29 is 14.7 Å². The van der Waals surface area contributed by atoms with E-state index in [4.69, 9.17) is 0 Å². The highest BCUT2D eigenvalue weighted by Gasteiger charge is 2.54. The summed E-state index contributed by atoms with van der Waals surface area (Å²) in [5.74, 6) is -0.579. The third-order valence-corrected chi connectivity index (χ3v) is 5.38. The molecule has 1 aromatic carbocycles. The van der Waals surface area contributed by atoms with Gasteiger partial charge in [-0.25, -0.2) is 0 Å². The van der Waals surface area contributed by atoms with E-state index in [1.807, 2.05) is 29.2 Å². The van der Waals surface area contributed by atoms with Crippen LogP contribution in [-0.4, -0.2) is 41.5 Å². The van der Waals surface area contributed by atoms with Crippen LogP contribution in [0.2, 0.25) is 0 Å². The fraction of sp³-hybridized carbons (Fsp3) is 0.556. The van der Waals surface area contributed by atoms with Crippen LogP contribution >= 0.6 is 12.4 Å². The number of hydrogen-bond donors (Lipinski definition) is 2. The Morgan fingerprint density at radius 1 is 1.33 bits per heavy atom. The maximum absolute atomic E-state index is 12.2. The molecule has 2 fully saturated rings. The number of carboxylic acid groups (broad SMARTS) is 1. The molecule has 0 aromatic heterocycles. The van der Waals surface area contributed by atoms with Crippen molar-refractivity contribution >= 4 is 30.0 Å². The lowest BCUT2D eigenvalue weighted by Crippen LogP contribution is -2.37. The number of aliphatic carboxylic acids is 1. The number of carbonyl (C=O) groups is 2. The van der Waals surface area contributed by atoms with Crippen LogP contribution in [0.4, 0.5) is 5.69 Å². The van der Waals surface area contributed by atoms with E-state index in [2.05, 4.69) is 12.2 Å². The molecule has 1 amide bonds. The molecular formula is C18H25ClN2O3. The second-order valence-corrected chi connectivity index (χ2v) is 6.82. The smallest absolute Gasteiger partial charge is 0.311 e. The Balaban J connectivity index is 0.00000208. The van der Waals surface area contributed by atoms with E-state index >= 15 is 0 Å². The largest absolute Gasteiger partial charge is 0.481 e. The van der Waals surface area contributed by atoms with Crippen LogP contribution in [0.15, 0.2) is 24.3 Å². The summed E-state index contributed by atoms with van der Waals surface area (Å²) in [6, 6.07) is 7.84. The predicted octanol–water partition coefficient (Wildman–Crippen LogP) is 2.80. The monoisotopic (exact) mass is 352 g/mol. The van der Waals surface area contributed by atoms with Gasteiger partial charge in [0, 0.05) is 18.8 Å². The highest BCUT2D eigenvalue weighted by molar-refractivity contribution is 5.92. The molecule has 3 rings (SSSR count). The maximum atomic E-state index is 12.2. The van der Waals surface area contributed by atoms with Gasteiger partial charge in [0.2, 0.25) is 5.91 Å². The number of halogens is 1. The second-order valence-electron chi connectivity index (χ2n) is 6.82. The highest BCUT2D eigenvalue weighted by Crippen LogP contribution is 2.48. The van der Waals surface area contributed by atoms with E-state index in [0.717, 1.165) is 31.4 Å². The van der Waals surface area contributed by atoms with E-state index in [1.54, 1.807) is 0 Å². The normalized spacial score (nSPS) is 25.8. The van der Waals surface area contributed by atoms with E-state index < -0.39 is 11.4 Å². The maximum Gasteiger partial charge on any atom is 0.311 e. The standard InChI is InChI=1S/C18H24N2O3.ClH/c1-2-13-5-7-15(8-6-13)19-16(21)11-20-10-14-4-3-9-18(14,12-20)17(22)23;/h5-8,14H,2-4,9-12H2,1H3,(H,19,21)(H,22,23);1H/t14-,18+;/m0./s1. The SMILES string of the molecule is CCc1ccc(NC(=O)CN2C[C@@H]3CCC[C@@]3(C(=O)O)C2)cc1.Cl. The summed E-state index contributed by atoms with van der Waals surface area (Å²) in [6.07, 6.45) is 3.66. The number of hydrogen-bond acceptors (Lipinski definition) is 3. The summed E-state index contributed by atoms with van der Waals surface area (Å²) in [5.41, 5.74) is 1.40. The number of likely N-dealkylation sites (tertiary alicyclic amines) is 1. The van der Waals surface area contributed by atoms with Crippen LogP contribution in [-0.2, 0) is 16.0 Å². The van der Waals surface area contributed by atoms with Gasteiger partial charge in [-0.2, -0.15) is 0 Å². The molecule has 0 radical (unpaired) electrons. The number of nitrogens with one attached hydrogen (secondary N) is 1. The molecule has 1 saturated heterocycles. The van der Waals surface area contributed by atoms with Crippen molar-refractivity contribution in [3.05, 3.63) is 29.8 Å². The van der Waals surface area contributed by atoms with Gasteiger partial charge < -0.3 is 10.4 Å². The molecule has 0 unspecified atom stereocenters. The van der Waals surface area contributed by atoms with Crippen LogP contribution in [0.1, 0.15) is 31.7 Å². The lowest BCUT2D eigenvalue weighted by atomic mass is 9.81. The third-order valence-electron chi connectivity index (χ3n) is 5.38. The molecule has 24 heavy (non-hydrogen) atoms. The molecule has 1 aliphatic heterocycles. The number of fused-ring (bicyclic) bond motifs is 1. The van der Waals surface area contributed by atoms with Crippen molar-refractivity contribution in [1.29, 1.82) is 0 Å². The van der Waals surface area contributed by atoms with Crippen LogP contribution in [0.5, 0.6) is 0 Å². The fourth-order valence-corrected chi connectivity index (χ4v) is 4.09. The van der Waals surface area contributed by atoms with Gasteiger partial charge in [-0.05, 0) is 42.9 Å². The van der Waals surface area contributed by atoms with Crippen molar-refractivity contribution in [2.45, 2.75) is 32.6 Å². The van der Waals surface area contributed by atoms with E-state index in [-0.39, 0.29) is 30.8 Å². The summed E-state index contributed by atoms with van der Waals surface area (Å²) in [5, 5.41) is 12.5. The first-order valence-corrected chi connectivity index (χ1v) is 8.38. The van der Waals surface area contributed by atoms with Crippen molar-refractivity contribution in [2.75, 3.05) is 25.0 Å². The Kier molecular flexibility index (Phi) is 5.88. The molecule has 2 aliphatic rings. The highest BCUT2D eigenvalue weighted by atomic mass is 35.5. The summed E-state index contributed by atoms with van der Waals surface area (Å²) < 4.78 is 0. The zero-order chi connectivity index (χ0) is 16.4. The first kappa shape index (κ1) is 18.7. The van der Waals surface area contributed by atoms with Crippen molar-refractivity contribution in [3.63, 3.8) is 0 Å². The number of anilines is 1. The number of aryl methyl sites for hydroxylation is 1. The molecule has 132 valence electrons. The van der Waals surface area contributed by atoms with Crippen LogP contribution in [0, 0.1) is 11.3 Å². The molecule has 2 N–H and O–H groups in total. The summed E-state index contributed by atoms with van der Waals surface area (Å²) in [7, 11) is 0. The molecule has 1 aliphatic carbocycles. The Morgan fingerprint density at radius 2 is 2.04 bits per heavy atom. The average Bonchev–Trinajstić information content (AvgIpc) is 3.05. The minimum absolute atomic E-state index is 0. The molecular weight excluding hydrogens is 328 g/mol. The number of nitrogens with zero attached hydrogens (tertiary/aromatic N) is 1. The predicted molar refractivity (Wildman–Crippen MR) is 95.5 cm³/mol. The molecule has 2 atom stereocenters.